The molecule has 1 saturated carbocycles. The molecule has 0 radical (unpaired) electrons. The summed E-state index contributed by atoms with van der Waals surface area (Å²) >= 11 is 2.12. The van der Waals surface area contributed by atoms with Gasteiger partial charge in [-0.15, -0.1) is 0 Å². The number of piperidine rings is 1. The number of benzene rings is 1. The van der Waals surface area contributed by atoms with Crippen molar-refractivity contribution in [3.05, 3.63) is 35.5 Å². The standard InChI is InChI=1S/C27H40N4O3S/c1-34-21-8-9-25-24(17-21)23(20(18-28)19-29-25)7-4-10-27(26(32)30-33)11-13-31(14-12-27)15-16-35-22-5-2-3-6-22/h8-9,17,19,22,33H,2-7,10-16,18,28H2,1H3,(H,30,32). The van der Waals surface area contributed by atoms with Gasteiger partial charge in [0.15, 0.2) is 0 Å². The zero-order valence-electron chi connectivity index (χ0n) is 20.9. The summed E-state index contributed by atoms with van der Waals surface area (Å²) in [5, 5.41) is 11.4. The Bertz CT molecular complexity index is 983. The minimum Gasteiger partial charge on any atom is -0.497 e. The molecule has 0 atom stereocenters. The van der Waals surface area contributed by atoms with Crippen LogP contribution in [0.1, 0.15) is 62.5 Å². The first-order valence-electron chi connectivity index (χ1n) is 13.0. The van der Waals surface area contributed by atoms with E-state index in [-0.39, 0.29) is 5.91 Å². The summed E-state index contributed by atoms with van der Waals surface area (Å²) < 4.78 is 5.43. The van der Waals surface area contributed by atoms with E-state index >= 15 is 0 Å². The van der Waals surface area contributed by atoms with Gasteiger partial charge in [0.2, 0.25) is 5.91 Å². The normalized spacial score (nSPS) is 18.7. The number of hydrogen-bond donors (Lipinski definition) is 3. The molecule has 2 heterocycles. The number of fused-ring (bicyclic) bond motifs is 1. The second-order valence-electron chi connectivity index (χ2n) is 10.0. The molecule has 1 aliphatic heterocycles. The van der Waals surface area contributed by atoms with Gasteiger partial charge in [0.1, 0.15) is 5.75 Å². The minimum absolute atomic E-state index is 0.238. The lowest BCUT2D eigenvalue weighted by atomic mass is 9.73. The van der Waals surface area contributed by atoms with Crippen LogP contribution in [-0.2, 0) is 17.8 Å². The van der Waals surface area contributed by atoms with Crippen LogP contribution in [0.2, 0.25) is 0 Å². The van der Waals surface area contributed by atoms with Crippen molar-refractivity contribution in [3.8, 4) is 5.75 Å². The molecule has 8 heteroatoms. The van der Waals surface area contributed by atoms with E-state index in [1.54, 1.807) is 7.11 Å². The number of ether oxygens (including phenoxy) is 1. The number of likely N-dealkylation sites (tertiary alicyclic amines) is 1. The van der Waals surface area contributed by atoms with E-state index in [0.29, 0.717) is 6.54 Å². The number of nitrogens with two attached hydrogens (primary N) is 1. The SMILES string of the molecule is COc1ccc2ncc(CN)c(CCCC3(C(=O)NO)CCN(CCSC4CCCC4)CC3)c2c1. The molecule has 0 bridgehead atoms. The van der Waals surface area contributed by atoms with Crippen molar-refractivity contribution in [1.29, 1.82) is 0 Å². The molecule has 0 spiro atoms. The maximum absolute atomic E-state index is 12.8. The van der Waals surface area contributed by atoms with Gasteiger partial charge in [-0.3, -0.25) is 15.0 Å². The molecular weight excluding hydrogens is 460 g/mol. The van der Waals surface area contributed by atoms with Gasteiger partial charge in [0, 0.05) is 35.7 Å². The van der Waals surface area contributed by atoms with Gasteiger partial charge < -0.3 is 15.4 Å². The number of aryl methyl sites for hydroxylation is 1. The van der Waals surface area contributed by atoms with Gasteiger partial charge in [-0.1, -0.05) is 12.8 Å². The Morgan fingerprint density at radius 2 is 2.09 bits per heavy atom. The zero-order valence-corrected chi connectivity index (χ0v) is 21.7. The molecule has 1 aliphatic carbocycles. The predicted molar refractivity (Wildman–Crippen MR) is 142 cm³/mol. The van der Waals surface area contributed by atoms with E-state index in [2.05, 4.69) is 21.6 Å². The van der Waals surface area contributed by atoms with Crippen LogP contribution in [0.3, 0.4) is 0 Å². The molecule has 35 heavy (non-hydrogen) atoms. The third-order valence-electron chi connectivity index (χ3n) is 8.04. The first-order chi connectivity index (χ1) is 17.1. The van der Waals surface area contributed by atoms with Gasteiger partial charge in [-0.05, 0) is 87.4 Å². The fourth-order valence-electron chi connectivity index (χ4n) is 5.79. The molecule has 1 amide bonds. The monoisotopic (exact) mass is 500 g/mol. The molecule has 1 saturated heterocycles. The molecule has 0 unspecified atom stereocenters. The molecule has 1 aromatic heterocycles. The second-order valence-corrected chi connectivity index (χ2v) is 11.5. The van der Waals surface area contributed by atoms with E-state index in [1.807, 2.05) is 29.9 Å². The number of carbonyl (C=O) groups excluding carboxylic acids is 1. The highest BCUT2D eigenvalue weighted by Gasteiger charge is 2.40. The molecule has 4 N–H and O–H groups in total. The number of hydroxylamine groups is 1. The van der Waals surface area contributed by atoms with Gasteiger partial charge in [-0.25, -0.2) is 5.48 Å². The lowest BCUT2D eigenvalue weighted by Crippen LogP contribution is -2.48. The largest absolute Gasteiger partial charge is 0.497 e. The molecule has 2 aromatic rings. The average molecular weight is 501 g/mol. The van der Waals surface area contributed by atoms with Gasteiger partial charge >= 0.3 is 0 Å². The highest BCUT2D eigenvalue weighted by atomic mass is 32.2. The summed E-state index contributed by atoms with van der Waals surface area (Å²) in [6, 6.07) is 5.91. The first kappa shape index (κ1) is 26.2. The molecule has 2 aliphatic rings. The summed E-state index contributed by atoms with van der Waals surface area (Å²) in [7, 11) is 1.66. The number of carbonyl (C=O) groups is 1. The van der Waals surface area contributed by atoms with E-state index in [0.717, 1.165) is 79.2 Å². The van der Waals surface area contributed by atoms with Crippen LogP contribution in [0, 0.1) is 5.41 Å². The minimum atomic E-state index is -0.521. The summed E-state index contributed by atoms with van der Waals surface area (Å²) in [6.45, 7) is 3.32. The summed E-state index contributed by atoms with van der Waals surface area (Å²) in [4.78, 5) is 19.9. The Labute approximate surface area is 213 Å². The van der Waals surface area contributed by atoms with Crippen LogP contribution >= 0.6 is 11.8 Å². The number of nitrogens with one attached hydrogen (secondary N) is 1. The smallest absolute Gasteiger partial charge is 0.249 e. The van der Waals surface area contributed by atoms with Crippen molar-refractivity contribution >= 4 is 28.6 Å². The van der Waals surface area contributed by atoms with E-state index in [4.69, 9.17) is 10.5 Å². The van der Waals surface area contributed by atoms with Crippen LogP contribution in [0.15, 0.2) is 24.4 Å². The van der Waals surface area contributed by atoms with Crippen LogP contribution < -0.4 is 16.0 Å². The van der Waals surface area contributed by atoms with E-state index in [9.17, 15) is 10.0 Å². The number of amides is 1. The van der Waals surface area contributed by atoms with Crippen molar-refractivity contribution in [2.75, 3.05) is 32.5 Å². The highest BCUT2D eigenvalue weighted by Crippen LogP contribution is 2.38. The Morgan fingerprint density at radius 3 is 2.77 bits per heavy atom. The average Bonchev–Trinajstić information content (AvgIpc) is 3.42. The number of thioether (sulfide) groups is 1. The lowest BCUT2D eigenvalue weighted by Gasteiger charge is -2.40. The Hall–Kier alpha value is -1.87. The van der Waals surface area contributed by atoms with Crippen molar-refractivity contribution in [2.24, 2.45) is 11.1 Å². The Kier molecular flexibility index (Phi) is 9.27. The van der Waals surface area contributed by atoms with Gasteiger partial charge in [-0.2, -0.15) is 11.8 Å². The van der Waals surface area contributed by atoms with Crippen LogP contribution in [0.5, 0.6) is 5.75 Å². The predicted octanol–water partition coefficient (Wildman–Crippen LogP) is 4.29. The van der Waals surface area contributed by atoms with Crippen LogP contribution in [0.25, 0.3) is 10.9 Å². The van der Waals surface area contributed by atoms with Crippen molar-refractivity contribution < 1.29 is 14.7 Å². The van der Waals surface area contributed by atoms with Crippen molar-refractivity contribution in [1.82, 2.24) is 15.4 Å². The molecule has 1 aromatic carbocycles. The van der Waals surface area contributed by atoms with E-state index in [1.165, 1.54) is 37.0 Å². The summed E-state index contributed by atoms with van der Waals surface area (Å²) in [5.74, 6) is 1.73. The third kappa shape index (κ3) is 6.28. The molecule has 4 rings (SSSR count). The maximum atomic E-state index is 12.8. The van der Waals surface area contributed by atoms with Gasteiger partial charge in [0.05, 0.1) is 18.0 Å². The molecule has 7 nitrogen and oxygen atoms in total. The summed E-state index contributed by atoms with van der Waals surface area (Å²) in [6.07, 6.45) is 11.3. The number of rotatable bonds is 11. The topological polar surface area (TPSA) is 101 Å². The quantitative estimate of drug-likeness (QED) is 0.313. The summed E-state index contributed by atoms with van der Waals surface area (Å²) in [5.41, 5.74) is 10.6. The number of methoxy groups -OCH3 is 1. The van der Waals surface area contributed by atoms with Crippen LogP contribution in [0.4, 0.5) is 0 Å². The first-order valence-corrected chi connectivity index (χ1v) is 14.1. The number of aromatic nitrogens is 1. The fourth-order valence-corrected chi connectivity index (χ4v) is 7.15. The molecule has 2 fully saturated rings. The Morgan fingerprint density at radius 1 is 1.31 bits per heavy atom. The van der Waals surface area contributed by atoms with Crippen molar-refractivity contribution in [3.63, 3.8) is 0 Å². The van der Waals surface area contributed by atoms with Crippen LogP contribution in [-0.4, -0.2) is 58.7 Å². The number of nitrogens with zero attached hydrogens (tertiary/aromatic N) is 2. The number of hydrogen-bond acceptors (Lipinski definition) is 7. The zero-order chi connectivity index (χ0) is 24.7. The fraction of sp³-hybridized carbons (Fsp3) is 0.630. The second kappa shape index (κ2) is 12.4. The van der Waals surface area contributed by atoms with Crippen molar-refractivity contribution in [2.45, 2.75) is 69.6 Å². The number of pyridine rings is 1. The highest BCUT2D eigenvalue weighted by molar-refractivity contribution is 7.99. The third-order valence-corrected chi connectivity index (χ3v) is 9.40. The molecular formula is C27H40N4O3S. The van der Waals surface area contributed by atoms with Gasteiger partial charge in [0.25, 0.3) is 0 Å². The maximum Gasteiger partial charge on any atom is 0.249 e. The Balaban J connectivity index is 1.38. The van der Waals surface area contributed by atoms with E-state index < -0.39 is 5.41 Å². The lowest BCUT2D eigenvalue weighted by molar-refractivity contribution is -0.143. The molecule has 192 valence electrons.